The minimum atomic E-state index is -0.329. The lowest BCUT2D eigenvalue weighted by atomic mass is 9.89. The quantitative estimate of drug-likeness (QED) is 0.286. The molecule has 1 aliphatic rings. The highest BCUT2D eigenvalue weighted by Crippen LogP contribution is 2.38. The van der Waals surface area contributed by atoms with Crippen molar-refractivity contribution in [2.75, 3.05) is 0 Å². The van der Waals surface area contributed by atoms with Gasteiger partial charge < -0.3 is 10.3 Å². The SMILES string of the molecule is CC(c1cnc[nH]1)N(Cc1ccc(CNC(=O)c2c(Cl)cncc2Cl)cc1)C1CCCc2cccnc21. The van der Waals surface area contributed by atoms with Crippen LogP contribution in [0.1, 0.15) is 70.3 Å². The summed E-state index contributed by atoms with van der Waals surface area (Å²) in [6, 6.07) is 12.9. The van der Waals surface area contributed by atoms with Crippen molar-refractivity contribution >= 4 is 29.1 Å². The molecule has 1 aliphatic carbocycles. The average molecular weight is 535 g/mol. The van der Waals surface area contributed by atoms with Gasteiger partial charge >= 0.3 is 0 Å². The van der Waals surface area contributed by atoms with Gasteiger partial charge in [0.1, 0.15) is 0 Å². The molecule has 0 fully saturated rings. The summed E-state index contributed by atoms with van der Waals surface area (Å²) in [6.45, 7) is 3.34. The standard InChI is InChI=1S/C28H28Cl2N6O/c1-18(24-15-32-17-35-24)36(25-6-2-4-21-5-3-11-33-27(21)25)16-20-9-7-19(8-10-20)12-34-28(37)26-22(29)13-31-14-23(26)30/h3,5,7-11,13-15,17-18,25H,2,4,6,12,16H2,1H3,(H,32,35)(H,34,37). The maximum atomic E-state index is 12.6. The maximum Gasteiger partial charge on any atom is 0.254 e. The molecule has 1 aromatic carbocycles. The van der Waals surface area contributed by atoms with E-state index in [-0.39, 0.29) is 33.6 Å². The number of aromatic nitrogens is 4. The van der Waals surface area contributed by atoms with Crippen LogP contribution in [0.5, 0.6) is 0 Å². The Morgan fingerprint density at radius 3 is 2.59 bits per heavy atom. The van der Waals surface area contributed by atoms with Gasteiger partial charge in [0.2, 0.25) is 0 Å². The molecular weight excluding hydrogens is 507 g/mol. The van der Waals surface area contributed by atoms with E-state index in [1.165, 1.54) is 29.2 Å². The number of nitrogens with one attached hydrogen (secondary N) is 2. The molecule has 190 valence electrons. The summed E-state index contributed by atoms with van der Waals surface area (Å²) in [5, 5.41) is 3.35. The van der Waals surface area contributed by atoms with Gasteiger partial charge in [-0.15, -0.1) is 0 Å². The Morgan fingerprint density at radius 2 is 1.86 bits per heavy atom. The van der Waals surface area contributed by atoms with Crippen molar-refractivity contribution in [2.24, 2.45) is 0 Å². The summed E-state index contributed by atoms with van der Waals surface area (Å²) in [6.07, 6.45) is 11.6. The van der Waals surface area contributed by atoms with Crippen LogP contribution in [0.4, 0.5) is 0 Å². The number of fused-ring (bicyclic) bond motifs is 1. The Bertz CT molecular complexity index is 1340. The molecule has 2 N–H and O–H groups in total. The molecule has 2 unspecified atom stereocenters. The number of benzene rings is 1. The van der Waals surface area contributed by atoms with E-state index < -0.39 is 0 Å². The van der Waals surface area contributed by atoms with E-state index in [1.807, 2.05) is 30.6 Å². The Kier molecular flexibility index (Phi) is 7.84. The summed E-state index contributed by atoms with van der Waals surface area (Å²) in [4.78, 5) is 31.3. The third kappa shape index (κ3) is 5.69. The number of imidazole rings is 1. The van der Waals surface area contributed by atoms with E-state index in [4.69, 9.17) is 28.2 Å². The van der Waals surface area contributed by atoms with E-state index in [0.29, 0.717) is 6.54 Å². The maximum absolute atomic E-state index is 12.6. The van der Waals surface area contributed by atoms with Crippen LogP contribution in [0, 0.1) is 0 Å². The Morgan fingerprint density at radius 1 is 1.11 bits per heavy atom. The summed E-state index contributed by atoms with van der Waals surface area (Å²) in [5.41, 5.74) is 5.99. The molecule has 0 radical (unpaired) electrons. The van der Waals surface area contributed by atoms with Gasteiger partial charge in [0.25, 0.3) is 5.91 Å². The molecule has 3 aromatic heterocycles. The summed E-state index contributed by atoms with van der Waals surface area (Å²) in [7, 11) is 0. The molecule has 0 spiro atoms. The first-order valence-electron chi connectivity index (χ1n) is 12.3. The zero-order valence-corrected chi connectivity index (χ0v) is 22.0. The number of pyridine rings is 2. The minimum Gasteiger partial charge on any atom is -0.348 e. The van der Waals surface area contributed by atoms with Crippen LogP contribution in [0.15, 0.2) is 67.5 Å². The molecule has 5 rings (SSSR count). The molecule has 2 atom stereocenters. The van der Waals surface area contributed by atoms with Crippen LogP contribution in [0.25, 0.3) is 0 Å². The number of hydrogen-bond acceptors (Lipinski definition) is 5. The smallest absolute Gasteiger partial charge is 0.254 e. The third-order valence-electron chi connectivity index (χ3n) is 6.95. The number of halogens is 2. The highest BCUT2D eigenvalue weighted by Gasteiger charge is 2.31. The van der Waals surface area contributed by atoms with E-state index in [2.05, 4.69) is 50.3 Å². The van der Waals surface area contributed by atoms with Crippen molar-refractivity contribution in [3.05, 3.63) is 111 Å². The highest BCUT2D eigenvalue weighted by atomic mass is 35.5. The molecule has 1 amide bonds. The Balaban J connectivity index is 1.32. The highest BCUT2D eigenvalue weighted by molar-refractivity contribution is 6.39. The molecule has 37 heavy (non-hydrogen) atoms. The van der Waals surface area contributed by atoms with Gasteiger partial charge in [-0.05, 0) is 48.9 Å². The van der Waals surface area contributed by atoms with Gasteiger partial charge in [-0.25, -0.2) is 4.98 Å². The zero-order chi connectivity index (χ0) is 25.8. The number of nitrogens with zero attached hydrogens (tertiary/aromatic N) is 4. The molecule has 7 nitrogen and oxygen atoms in total. The zero-order valence-electron chi connectivity index (χ0n) is 20.5. The average Bonchev–Trinajstić information content (AvgIpc) is 3.46. The fourth-order valence-corrected chi connectivity index (χ4v) is 5.51. The van der Waals surface area contributed by atoms with Crippen LogP contribution < -0.4 is 5.32 Å². The second kappa shape index (κ2) is 11.4. The number of H-pyrrole nitrogens is 1. The lowest BCUT2D eigenvalue weighted by Gasteiger charge is -2.38. The van der Waals surface area contributed by atoms with Gasteiger partial charge in [-0.2, -0.15) is 0 Å². The molecule has 0 bridgehead atoms. The largest absolute Gasteiger partial charge is 0.348 e. The topological polar surface area (TPSA) is 86.8 Å². The number of carbonyl (C=O) groups excluding carboxylic acids is 1. The minimum absolute atomic E-state index is 0.134. The van der Waals surface area contributed by atoms with Crippen molar-refractivity contribution in [1.82, 2.24) is 30.2 Å². The van der Waals surface area contributed by atoms with Crippen molar-refractivity contribution in [3.63, 3.8) is 0 Å². The fraction of sp³-hybridized carbons (Fsp3) is 0.286. The normalized spacial score (nSPS) is 15.8. The third-order valence-corrected chi connectivity index (χ3v) is 7.53. The van der Waals surface area contributed by atoms with E-state index >= 15 is 0 Å². The molecule has 0 saturated carbocycles. The molecular formula is C28H28Cl2N6O. The van der Waals surface area contributed by atoms with Crippen LogP contribution in [-0.2, 0) is 19.5 Å². The van der Waals surface area contributed by atoms with Crippen LogP contribution >= 0.6 is 23.2 Å². The van der Waals surface area contributed by atoms with Gasteiger partial charge in [0.05, 0.1) is 39.4 Å². The van der Waals surface area contributed by atoms with Crippen molar-refractivity contribution in [1.29, 1.82) is 0 Å². The van der Waals surface area contributed by atoms with Crippen molar-refractivity contribution < 1.29 is 4.79 Å². The number of carbonyl (C=O) groups is 1. The first-order valence-corrected chi connectivity index (χ1v) is 13.1. The second-order valence-corrected chi connectivity index (χ2v) is 10.1. The number of aryl methyl sites for hydroxylation is 1. The van der Waals surface area contributed by atoms with Crippen LogP contribution in [-0.4, -0.2) is 30.7 Å². The number of rotatable bonds is 8. The predicted molar refractivity (Wildman–Crippen MR) is 144 cm³/mol. The summed E-state index contributed by atoms with van der Waals surface area (Å²) < 4.78 is 0. The lowest BCUT2D eigenvalue weighted by Crippen LogP contribution is -2.34. The molecule has 9 heteroatoms. The molecule has 4 aromatic rings. The Labute approximate surface area is 226 Å². The molecule has 0 aliphatic heterocycles. The van der Waals surface area contributed by atoms with E-state index in [1.54, 1.807) is 6.33 Å². The monoisotopic (exact) mass is 534 g/mol. The second-order valence-electron chi connectivity index (χ2n) is 9.29. The number of hydrogen-bond donors (Lipinski definition) is 2. The van der Waals surface area contributed by atoms with Gasteiger partial charge in [0.15, 0.2) is 0 Å². The van der Waals surface area contributed by atoms with E-state index in [9.17, 15) is 4.79 Å². The van der Waals surface area contributed by atoms with Crippen molar-refractivity contribution in [2.45, 2.75) is 51.4 Å². The molecule has 3 heterocycles. The molecule has 0 saturated heterocycles. The number of amides is 1. The van der Waals surface area contributed by atoms with Crippen molar-refractivity contribution in [3.8, 4) is 0 Å². The van der Waals surface area contributed by atoms with Crippen LogP contribution in [0.3, 0.4) is 0 Å². The van der Waals surface area contributed by atoms with Gasteiger partial charge in [0, 0.05) is 43.9 Å². The van der Waals surface area contributed by atoms with Gasteiger partial charge in [-0.1, -0.05) is 53.5 Å². The van der Waals surface area contributed by atoms with Gasteiger partial charge in [-0.3, -0.25) is 19.7 Å². The first-order chi connectivity index (χ1) is 18.0. The number of aromatic amines is 1. The van der Waals surface area contributed by atoms with Crippen LogP contribution in [0.2, 0.25) is 10.0 Å². The summed E-state index contributed by atoms with van der Waals surface area (Å²) >= 11 is 12.2. The Hall–Kier alpha value is -3.26. The summed E-state index contributed by atoms with van der Waals surface area (Å²) in [5.74, 6) is -0.329. The fourth-order valence-electron chi connectivity index (χ4n) is 4.97. The predicted octanol–water partition coefficient (Wildman–Crippen LogP) is 6.08. The van der Waals surface area contributed by atoms with E-state index in [0.717, 1.165) is 37.1 Å². The lowest BCUT2D eigenvalue weighted by molar-refractivity contribution is 0.0951. The first kappa shape index (κ1) is 25.4.